The van der Waals surface area contributed by atoms with Crippen LogP contribution in [0.5, 0.6) is 0 Å². The largest absolute Gasteiger partial charge is 0.393 e. The van der Waals surface area contributed by atoms with Crippen molar-refractivity contribution in [1.29, 1.82) is 0 Å². The zero-order chi connectivity index (χ0) is 21.4. The molecule has 0 aliphatic heterocycles. The Bertz CT molecular complexity index is 720. The lowest BCUT2D eigenvalue weighted by Gasteiger charge is -2.53. The molecular weight excluding hydrogens is 356 g/mol. The minimum Gasteiger partial charge on any atom is -0.393 e. The average Bonchev–Trinajstić information content (AvgIpc) is 2.71. The summed E-state index contributed by atoms with van der Waals surface area (Å²) in [5.74, 6) is 1.41. The van der Waals surface area contributed by atoms with Crippen molar-refractivity contribution in [1.82, 2.24) is 4.90 Å². The minimum absolute atomic E-state index is 0.0401. The Kier molecular flexibility index (Phi) is 5.16. The van der Waals surface area contributed by atoms with Gasteiger partial charge in [-0.3, -0.25) is 0 Å². The Hall–Kier alpha value is -0.640. The topological polar surface area (TPSA) is 49.5 Å². The molecule has 4 aliphatic carbocycles. The fourth-order valence-corrected chi connectivity index (χ4v) is 8.69. The van der Waals surface area contributed by atoms with E-state index in [1.807, 2.05) is 0 Å². The molecule has 0 radical (unpaired) electrons. The van der Waals surface area contributed by atoms with Crippen LogP contribution < -0.4 is 5.73 Å². The van der Waals surface area contributed by atoms with E-state index < -0.39 is 0 Å². The molecule has 0 heterocycles. The first kappa shape index (κ1) is 21.6. The Morgan fingerprint density at radius 2 is 1.72 bits per heavy atom. The van der Waals surface area contributed by atoms with Crippen molar-refractivity contribution < 1.29 is 5.11 Å². The highest BCUT2D eigenvalue weighted by atomic mass is 16.3. The van der Waals surface area contributed by atoms with Gasteiger partial charge in [-0.05, 0) is 93.2 Å². The van der Waals surface area contributed by atoms with Gasteiger partial charge in [-0.1, -0.05) is 45.4 Å². The summed E-state index contributed by atoms with van der Waals surface area (Å²) in [7, 11) is 4.50. The van der Waals surface area contributed by atoms with Crippen LogP contribution in [0.15, 0.2) is 23.3 Å². The smallest absolute Gasteiger partial charge is 0.0594 e. The molecule has 0 unspecified atom stereocenters. The van der Waals surface area contributed by atoms with Gasteiger partial charge >= 0.3 is 0 Å². The molecule has 164 valence electrons. The highest BCUT2D eigenvalue weighted by Gasteiger charge is 2.63. The molecule has 8 atom stereocenters. The second-order valence-corrected chi connectivity index (χ2v) is 12.1. The van der Waals surface area contributed by atoms with Crippen molar-refractivity contribution in [2.45, 2.75) is 91.3 Å². The van der Waals surface area contributed by atoms with E-state index in [1.165, 1.54) is 25.7 Å². The summed E-state index contributed by atoms with van der Waals surface area (Å²) in [6, 6.07) is 0.689. The molecule has 3 nitrogen and oxygen atoms in total. The number of nitrogens with zero attached hydrogens (tertiary/aromatic N) is 1. The fourth-order valence-electron chi connectivity index (χ4n) is 8.69. The normalized spacial score (nSPS) is 47.4. The number of aliphatic hydroxyl groups excluding tert-OH is 1. The molecule has 4 aliphatic rings. The quantitative estimate of drug-likeness (QED) is 0.702. The van der Waals surface area contributed by atoms with Crippen molar-refractivity contribution in [2.75, 3.05) is 14.1 Å². The molecule has 4 rings (SSSR count). The molecule has 2 fully saturated rings. The number of nitrogens with two attached hydrogens (primary N) is 1. The van der Waals surface area contributed by atoms with Crippen molar-refractivity contribution in [3.05, 3.63) is 23.3 Å². The summed E-state index contributed by atoms with van der Waals surface area (Å²) in [6.07, 6.45) is 11.8. The summed E-state index contributed by atoms with van der Waals surface area (Å²) in [6.45, 7) is 12.0. The Balaban J connectivity index is 1.71. The maximum atomic E-state index is 11.0. The Morgan fingerprint density at radius 3 is 2.34 bits per heavy atom. The predicted molar refractivity (Wildman–Crippen MR) is 121 cm³/mol. The monoisotopic (exact) mass is 400 g/mol. The first-order valence-electron chi connectivity index (χ1n) is 11.9. The second-order valence-electron chi connectivity index (χ2n) is 12.1. The number of allylic oxidation sites excluding steroid dienone is 4. The lowest BCUT2D eigenvalue weighted by atomic mass is 9.51. The van der Waals surface area contributed by atoms with E-state index in [0.717, 1.165) is 12.8 Å². The molecule has 29 heavy (non-hydrogen) atoms. The summed E-state index contributed by atoms with van der Waals surface area (Å²) in [4.78, 5) is 2.45. The highest BCUT2D eigenvalue weighted by Crippen LogP contribution is 2.67. The van der Waals surface area contributed by atoms with Crippen LogP contribution in [0.25, 0.3) is 0 Å². The van der Waals surface area contributed by atoms with E-state index in [9.17, 15) is 5.11 Å². The number of rotatable bonds is 2. The first-order valence-corrected chi connectivity index (χ1v) is 11.9. The van der Waals surface area contributed by atoms with Gasteiger partial charge in [-0.25, -0.2) is 0 Å². The van der Waals surface area contributed by atoms with E-state index in [2.05, 4.69) is 65.8 Å². The second kappa shape index (κ2) is 6.93. The van der Waals surface area contributed by atoms with Gasteiger partial charge in [-0.15, -0.1) is 0 Å². The summed E-state index contributed by atoms with van der Waals surface area (Å²) in [5.41, 5.74) is 10.2. The number of fused-ring (bicyclic) bond motifs is 4. The van der Waals surface area contributed by atoms with Gasteiger partial charge in [0.25, 0.3) is 0 Å². The molecule has 0 aromatic carbocycles. The van der Waals surface area contributed by atoms with Crippen LogP contribution in [0.3, 0.4) is 0 Å². The van der Waals surface area contributed by atoms with E-state index in [-0.39, 0.29) is 28.9 Å². The van der Waals surface area contributed by atoms with Crippen LogP contribution in [0, 0.1) is 34.0 Å². The Morgan fingerprint density at radius 1 is 1.07 bits per heavy atom. The molecule has 0 bridgehead atoms. The van der Waals surface area contributed by atoms with Crippen LogP contribution >= 0.6 is 0 Å². The summed E-state index contributed by atoms with van der Waals surface area (Å²) < 4.78 is 0. The Labute approximate surface area is 178 Å². The van der Waals surface area contributed by atoms with Gasteiger partial charge in [0.15, 0.2) is 0 Å². The van der Waals surface area contributed by atoms with E-state index >= 15 is 0 Å². The zero-order valence-corrected chi connectivity index (χ0v) is 19.8. The lowest BCUT2D eigenvalue weighted by Crippen LogP contribution is -2.49. The van der Waals surface area contributed by atoms with E-state index in [4.69, 9.17) is 5.73 Å². The van der Waals surface area contributed by atoms with Crippen molar-refractivity contribution in [3.8, 4) is 0 Å². The van der Waals surface area contributed by atoms with Crippen LogP contribution in [0.2, 0.25) is 0 Å². The van der Waals surface area contributed by atoms with Crippen LogP contribution in [-0.4, -0.2) is 42.3 Å². The van der Waals surface area contributed by atoms with Gasteiger partial charge < -0.3 is 15.7 Å². The lowest BCUT2D eigenvalue weighted by molar-refractivity contribution is -0.00379. The molecule has 2 saturated carbocycles. The number of hydrogen-bond acceptors (Lipinski definition) is 3. The van der Waals surface area contributed by atoms with Crippen LogP contribution in [0.1, 0.15) is 73.1 Å². The van der Waals surface area contributed by atoms with Crippen molar-refractivity contribution >= 4 is 0 Å². The number of hydrogen-bond donors (Lipinski definition) is 2. The van der Waals surface area contributed by atoms with Crippen LogP contribution in [-0.2, 0) is 0 Å². The maximum Gasteiger partial charge on any atom is 0.0594 e. The third kappa shape index (κ3) is 2.94. The molecule has 0 amide bonds. The van der Waals surface area contributed by atoms with E-state index in [1.54, 1.807) is 11.1 Å². The predicted octanol–water partition coefficient (Wildman–Crippen LogP) is 4.76. The van der Waals surface area contributed by atoms with Gasteiger partial charge in [0.2, 0.25) is 0 Å². The van der Waals surface area contributed by atoms with E-state index in [0.29, 0.717) is 23.3 Å². The fraction of sp³-hybridized carbons (Fsp3) is 0.846. The van der Waals surface area contributed by atoms with Crippen molar-refractivity contribution in [2.24, 2.45) is 39.7 Å². The van der Waals surface area contributed by atoms with Crippen LogP contribution in [0.4, 0.5) is 0 Å². The minimum atomic E-state index is -0.273. The maximum absolute atomic E-state index is 11.0. The SMILES string of the molecule is C[C@H](N)[C@H]1[C@H](O)C[C@@]2(C)[C@@H]3CC[C@@H]4C(=CC3=CC[C@]12C)CC[C@H](N(C)C)C4(C)C. The van der Waals surface area contributed by atoms with Gasteiger partial charge in [0, 0.05) is 18.0 Å². The third-order valence-corrected chi connectivity index (χ3v) is 10.2. The molecule has 0 aromatic heterocycles. The number of aliphatic hydroxyl groups is 1. The summed E-state index contributed by atoms with van der Waals surface area (Å²) in [5, 5.41) is 11.0. The zero-order valence-electron chi connectivity index (χ0n) is 19.8. The average molecular weight is 401 g/mol. The highest BCUT2D eigenvalue weighted by molar-refractivity contribution is 5.37. The van der Waals surface area contributed by atoms with Gasteiger partial charge in [0.1, 0.15) is 0 Å². The molecule has 3 heteroatoms. The molecule has 0 saturated heterocycles. The third-order valence-electron chi connectivity index (χ3n) is 10.2. The summed E-state index contributed by atoms with van der Waals surface area (Å²) >= 11 is 0. The first-order chi connectivity index (χ1) is 13.4. The molecule has 3 N–H and O–H groups in total. The van der Waals surface area contributed by atoms with Gasteiger partial charge in [0.05, 0.1) is 6.10 Å². The molecule has 0 aromatic rings. The molecular formula is C26H44N2O. The van der Waals surface area contributed by atoms with Gasteiger partial charge in [-0.2, -0.15) is 0 Å². The molecule has 0 spiro atoms. The van der Waals surface area contributed by atoms with Crippen molar-refractivity contribution in [3.63, 3.8) is 0 Å². The standard InChI is InChI=1S/C26H44N2O/c1-16(27)23-21(29)15-26(5)20-10-9-19-17(14-18(20)12-13-25(23,26)4)8-11-22(28(6)7)24(19,2)3/h12,14,16,19-23,29H,8-11,13,15,27H2,1-7H3/t16-,19+,20+,21+,22-,23-,25+,26-/m0/s1.